The zero-order chi connectivity index (χ0) is 17.7. The minimum absolute atomic E-state index is 0.213. The molecule has 0 aliphatic rings. The van der Waals surface area contributed by atoms with Crippen molar-refractivity contribution in [2.24, 2.45) is 0 Å². The highest BCUT2D eigenvalue weighted by Crippen LogP contribution is 2.09. The van der Waals surface area contributed by atoms with Crippen molar-refractivity contribution in [3.8, 4) is 0 Å². The number of nitrogens with one attached hydrogen (secondary N) is 1. The molecule has 0 radical (unpaired) electrons. The Morgan fingerprint density at radius 1 is 0.667 bits per heavy atom. The number of carbonyl (C=O) groups excluding carboxylic acids is 1. The zero-order valence-corrected chi connectivity index (χ0v) is 16.6. The fourth-order valence-corrected chi connectivity index (χ4v) is 2.92. The van der Waals surface area contributed by atoms with Crippen LogP contribution in [-0.4, -0.2) is 12.5 Å². The van der Waals surface area contributed by atoms with Gasteiger partial charge in [0, 0.05) is 13.0 Å². The van der Waals surface area contributed by atoms with Crippen molar-refractivity contribution in [2.75, 3.05) is 6.54 Å². The first-order chi connectivity index (χ1) is 11.8. The van der Waals surface area contributed by atoms with Crippen LogP contribution in [0.1, 0.15) is 117 Å². The first kappa shape index (κ1) is 23.2. The monoisotopic (exact) mass is 337 g/mol. The van der Waals surface area contributed by atoms with E-state index in [1.807, 2.05) is 6.92 Å². The molecule has 0 aliphatic carbocycles. The van der Waals surface area contributed by atoms with E-state index in [1.54, 1.807) is 0 Å². The lowest BCUT2D eigenvalue weighted by molar-refractivity contribution is -0.121. The Morgan fingerprint density at radius 2 is 1.17 bits per heavy atom. The van der Waals surface area contributed by atoms with Crippen LogP contribution in [0, 0.1) is 0 Å². The van der Waals surface area contributed by atoms with E-state index in [0.717, 1.165) is 19.4 Å². The van der Waals surface area contributed by atoms with Gasteiger partial charge in [-0.15, -0.1) is 0 Å². The van der Waals surface area contributed by atoms with Crippen LogP contribution in [0.15, 0.2) is 12.2 Å². The fourth-order valence-electron chi connectivity index (χ4n) is 2.92. The van der Waals surface area contributed by atoms with E-state index in [1.165, 1.54) is 83.5 Å². The lowest BCUT2D eigenvalue weighted by Crippen LogP contribution is -2.23. The molecule has 0 rings (SSSR count). The lowest BCUT2D eigenvalue weighted by Gasteiger charge is -2.04. The highest BCUT2D eigenvalue weighted by Gasteiger charge is 1.97. The third kappa shape index (κ3) is 19.3. The number of hydrogen-bond acceptors (Lipinski definition) is 1. The van der Waals surface area contributed by atoms with Gasteiger partial charge in [0.15, 0.2) is 0 Å². The summed E-state index contributed by atoms with van der Waals surface area (Å²) in [6.07, 6.45) is 25.0. The molecular formula is C22H43NO. The zero-order valence-electron chi connectivity index (χ0n) is 16.6. The molecule has 24 heavy (non-hydrogen) atoms. The maximum atomic E-state index is 11.3. The topological polar surface area (TPSA) is 29.1 Å². The van der Waals surface area contributed by atoms with Crippen LogP contribution in [0.4, 0.5) is 0 Å². The molecule has 2 heteroatoms. The minimum atomic E-state index is 0.213. The molecule has 0 aromatic carbocycles. The molecule has 0 unspecified atom stereocenters. The van der Waals surface area contributed by atoms with Gasteiger partial charge in [0.25, 0.3) is 0 Å². The molecule has 0 saturated carbocycles. The molecule has 1 amide bonds. The Hall–Kier alpha value is -0.790. The summed E-state index contributed by atoms with van der Waals surface area (Å²) in [4.78, 5) is 11.3. The van der Waals surface area contributed by atoms with Crippen LogP contribution in [-0.2, 0) is 4.79 Å². The molecule has 0 aromatic heterocycles. The Bertz CT molecular complexity index is 286. The largest absolute Gasteiger partial charge is 0.356 e. The molecule has 0 heterocycles. The molecular weight excluding hydrogens is 294 g/mol. The lowest BCUT2D eigenvalue weighted by atomic mass is 10.1. The summed E-state index contributed by atoms with van der Waals surface area (Å²) in [6, 6.07) is 0. The molecule has 0 saturated heterocycles. The second-order valence-electron chi connectivity index (χ2n) is 7.04. The van der Waals surface area contributed by atoms with Gasteiger partial charge in [-0.3, -0.25) is 4.79 Å². The van der Waals surface area contributed by atoms with Crippen LogP contribution >= 0.6 is 0 Å². The van der Waals surface area contributed by atoms with Gasteiger partial charge in [0.05, 0.1) is 0 Å². The standard InChI is InChI=1S/C22H43NO/c1-3-5-6-7-8-9-10-11-12-13-14-15-16-17-18-19-21-23-22(24)20-4-2/h11-12H,3-10,13-21H2,1-2H3,(H,23,24)/b12-11-. The number of unbranched alkanes of at least 4 members (excludes halogenated alkanes) is 12. The van der Waals surface area contributed by atoms with Crippen molar-refractivity contribution in [1.82, 2.24) is 5.32 Å². The molecule has 0 bridgehead atoms. The normalized spacial score (nSPS) is 11.2. The summed E-state index contributed by atoms with van der Waals surface area (Å²) in [5.74, 6) is 0.213. The van der Waals surface area contributed by atoms with E-state index in [9.17, 15) is 4.79 Å². The molecule has 2 nitrogen and oxygen atoms in total. The number of allylic oxidation sites excluding steroid dienone is 2. The number of amides is 1. The summed E-state index contributed by atoms with van der Waals surface area (Å²) in [7, 11) is 0. The summed E-state index contributed by atoms with van der Waals surface area (Å²) >= 11 is 0. The van der Waals surface area contributed by atoms with Gasteiger partial charge < -0.3 is 5.32 Å². The van der Waals surface area contributed by atoms with Crippen molar-refractivity contribution in [1.29, 1.82) is 0 Å². The van der Waals surface area contributed by atoms with Gasteiger partial charge in [-0.25, -0.2) is 0 Å². The maximum Gasteiger partial charge on any atom is 0.219 e. The Balaban J connectivity index is 3.11. The summed E-state index contributed by atoms with van der Waals surface area (Å²) in [6.45, 7) is 5.18. The van der Waals surface area contributed by atoms with E-state index in [4.69, 9.17) is 0 Å². The van der Waals surface area contributed by atoms with Crippen LogP contribution < -0.4 is 5.32 Å². The van der Waals surface area contributed by atoms with Gasteiger partial charge in [-0.2, -0.15) is 0 Å². The van der Waals surface area contributed by atoms with Crippen molar-refractivity contribution in [3.05, 3.63) is 12.2 Å². The van der Waals surface area contributed by atoms with Crippen LogP contribution in [0.5, 0.6) is 0 Å². The third-order valence-electron chi connectivity index (χ3n) is 4.49. The van der Waals surface area contributed by atoms with Crippen molar-refractivity contribution in [2.45, 2.75) is 117 Å². The number of carbonyl (C=O) groups is 1. The first-order valence-corrected chi connectivity index (χ1v) is 10.7. The predicted molar refractivity (Wildman–Crippen MR) is 107 cm³/mol. The van der Waals surface area contributed by atoms with Gasteiger partial charge in [0.1, 0.15) is 0 Å². The highest BCUT2D eigenvalue weighted by atomic mass is 16.1. The minimum Gasteiger partial charge on any atom is -0.356 e. The Kier molecular flexibility index (Phi) is 19.6. The van der Waals surface area contributed by atoms with E-state index in [0.29, 0.717) is 6.42 Å². The number of hydrogen-bond donors (Lipinski definition) is 1. The van der Waals surface area contributed by atoms with Crippen LogP contribution in [0.2, 0.25) is 0 Å². The smallest absolute Gasteiger partial charge is 0.219 e. The van der Waals surface area contributed by atoms with Crippen molar-refractivity contribution >= 4 is 5.91 Å². The summed E-state index contributed by atoms with van der Waals surface area (Å²) in [5.41, 5.74) is 0. The molecule has 0 atom stereocenters. The van der Waals surface area contributed by atoms with E-state index < -0.39 is 0 Å². The highest BCUT2D eigenvalue weighted by molar-refractivity contribution is 5.75. The Labute approximate surface area is 151 Å². The van der Waals surface area contributed by atoms with Crippen molar-refractivity contribution < 1.29 is 4.79 Å². The molecule has 0 aliphatic heterocycles. The van der Waals surface area contributed by atoms with Gasteiger partial charge in [-0.1, -0.05) is 83.8 Å². The second-order valence-corrected chi connectivity index (χ2v) is 7.04. The average molecular weight is 338 g/mol. The number of rotatable bonds is 18. The maximum absolute atomic E-state index is 11.3. The molecule has 0 fully saturated rings. The molecule has 1 N–H and O–H groups in total. The van der Waals surface area contributed by atoms with Gasteiger partial charge in [0.2, 0.25) is 5.91 Å². The van der Waals surface area contributed by atoms with Gasteiger partial charge >= 0.3 is 0 Å². The fraction of sp³-hybridized carbons (Fsp3) is 0.864. The predicted octanol–water partition coefficient (Wildman–Crippen LogP) is 6.94. The van der Waals surface area contributed by atoms with Crippen LogP contribution in [0.25, 0.3) is 0 Å². The third-order valence-corrected chi connectivity index (χ3v) is 4.49. The summed E-state index contributed by atoms with van der Waals surface area (Å²) < 4.78 is 0. The van der Waals surface area contributed by atoms with E-state index >= 15 is 0 Å². The molecule has 0 aromatic rings. The quantitative estimate of drug-likeness (QED) is 0.213. The molecule has 142 valence electrons. The molecule has 0 spiro atoms. The van der Waals surface area contributed by atoms with Gasteiger partial charge in [-0.05, 0) is 38.5 Å². The van der Waals surface area contributed by atoms with E-state index in [2.05, 4.69) is 24.4 Å². The van der Waals surface area contributed by atoms with Crippen LogP contribution in [0.3, 0.4) is 0 Å². The Morgan fingerprint density at radius 3 is 1.71 bits per heavy atom. The average Bonchev–Trinajstić information content (AvgIpc) is 2.58. The van der Waals surface area contributed by atoms with Crippen molar-refractivity contribution in [3.63, 3.8) is 0 Å². The summed E-state index contributed by atoms with van der Waals surface area (Å²) in [5, 5.41) is 2.99. The SMILES string of the molecule is CCCCCCCC/C=C\CCCCCCCCNC(=O)CCC. The first-order valence-electron chi connectivity index (χ1n) is 10.7. The van der Waals surface area contributed by atoms with E-state index in [-0.39, 0.29) is 5.91 Å². The second kappa shape index (κ2) is 20.3.